The predicted octanol–water partition coefficient (Wildman–Crippen LogP) is 9.53. The van der Waals surface area contributed by atoms with Gasteiger partial charge in [0, 0.05) is 22.1 Å². The van der Waals surface area contributed by atoms with E-state index in [1.165, 1.54) is 11.1 Å². The molecule has 5 aromatic carbocycles. The molecule has 0 unspecified atom stereocenters. The van der Waals surface area contributed by atoms with Gasteiger partial charge in [-0.1, -0.05) is 153 Å². The van der Waals surface area contributed by atoms with E-state index in [4.69, 9.17) is 15.0 Å². The van der Waals surface area contributed by atoms with E-state index in [1.807, 2.05) is 78.9 Å². The van der Waals surface area contributed by atoms with Gasteiger partial charge in [0.2, 0.25) is 0 Å². The summed E-state index contributed by atoms with van der Waals surface area (Å²) in [6.45, 7) is 13.1. The third-order valence-corrected chi connectivity index (χ3v) is 8.65. The van der Waals surface area contributed by atoms with Crippen LogP contribution in [0.1, 0.15) is 65.6 Å². The molecule has 234 valence electrons. The minimum Gasteiger partial charge on any atom is -0.261 e. The van der Waals surface area contributed by atoms with E-state index in [1.54, 1.807) is 0 Å². The zero-order valence-corrected chi connectivity index (χ0v) is 27.3. The van der Waals surface area contributed by atoms with Crippen LogP contribution in [-0.2, 0) is 18.5 Å². The molecule has 5 nitrogen and oxygen atoms in total. The summed E-state index contributed by atoms with van der Waals surface area (Å²) >= 11 is 0. The van der Waals surface area contributed by atoms with E-state index in [9.17, 15) is 0 Å². The molecule has 0 saturated carbocycles. The van der Waals surface area contributed by atoms with Crippen molar-refractivity contribution in [2.75, 3.05) is 0 Å². The molecule has 0 aliphatic carbocycles. The topological polar surface area (TPSA) is 61.8 Å². The fraction of sp³-hybridized carbons (Fsp3) is 0.167. The standard InChI is InChI=1S/C42H41N5/c1-5-42(6-2,38-28-24-36(25-29-38)39(43-3)45-30-32-16-10-7-11-17-32)37-26-22-33(23-27-37)31-46-41(35-20-14-9-15-21-35)47-40(44-4)34-18-12-8-13-19-34/h7-29H,3-6,30-31H2,1-2H3. The highest BCUT2D eigenvalue weighted by Gasteiger charge is 2.30. The molecule has 0 saturated heterocycles. The third-order valence-electron chi connectivity index (χ3n) is 8.65. The highest BCUT2D eigenvalue weighted by Crippen LogP contribution is 2.39. The van der Waals surface area contributed by atoms with Crippen LogP contribution in [0.2, 0.25) is 0 Å². The normalized spacial score (nSPS) is 12.5. The Labute approximate surface area is 279 Å². The summed E-state index contributed by atoms with van der Waals surface area (Å²) in [7, 11) is 0. The van der Waals surface area contributed by atoms with E-state index >= 15 is 0 Å². The van der Waals surface area contributed by atoms with Crippen LogP contribution in [0.5, 0.6) is 0 Å². The Bertz CT molecular complexity index is 1830. The summed E-state index contributed by atoms with van der Waals surface area (Å²) < 4.78 is 0. The second-order valence-electron chi connectivity index (χ2n) is 11.3. The minimum absolute atomic E-state index is 0.122. The first-order chi connectivity index (χ1) is 23.1. The number of hydrogen-bond acceptors (Lipinski definition) is 2. The largest absolute Gasteiger partial charge is 0.261 e. The number of amidine groups is 3. The molecule has 0 aliphatic heterocycles. The lowest BCUT2D eigenvalue weighted by Crippen LogP contribution is -2.26. The van der Waals surface area contributed by atoms with Crippen LogP contribution in [0.15, 0.2) is 164 Å². The lowest BCUT2D eigenvalue weighted by molar-refractivity contribution is 0.478. The highest BCUT2D eigenvalue weighted by molar-refractivity contribution is 6.12. The average molecular weight is 616 g/mol. The Kier molecular flexibility index (Phi) is 11.3. The maximum atomic E-state index is 4.95. The van der Waals surface area contributed by atoms with E-state index < -0.39 is 0 Å². The van der Waals surface area contributed by atoms with Crippen molar-refractivity contribution in [1.82, 2.24) is 0 Å². The van der Waals surface area contributed by atoms with Crippen LogP contribution in [0.25, 0.3) is 0 Å². The molecule has 0 N–H and O–H groups in total. The predicted molar refractivity (Wildman–Crippen MR) is 200 cm³/mol. The molecule has 0 heterocycles. The van der Waals surface area contributed by atoms with Gasteiger partial charge in [-0.05, 0) is 48.5 Å². The highest BCUT2D eigenvalue weighted by atomic mass is 15.0. The summed E-state index contributed by atoms with van der Waals surface area (Å²) in [5.74, 6) is 1.82. The molecule has 0 fully saturated rings. The van der Waals surface area contributed by atoms with Crippen molar-refractivity contribution in [3.63, 3.8) is 0 Å². The molecule has 0 bridgehead atoms. The number of benzene rings is 5. The van der Waals surface area contributed by atoms with Crippen LogP contribution in [-0.4, -0.2) is 30.9 Å². The second-order valence-corrected chi connectivity index (χ2v) is 11.3. The molecular formula is C42H41N5. The number of aliphatic imine (C=N–C) groups is 5. The van der Waals surface area contributed by atoms with Gasteiger partial charge in [0.15, 0.2) is 17.5 Å². The van der Waals surface area contributed by atoms with E-state index in [0.29, 0.717) is 30.6 Å². The summed E-state index contributed by atoms with van der Waals surface area (Å²) in [5, 5.41) is 0. The SMILES string of the molecule is C=NC(=NCc1ccccc1)c1ccc(C(CC)(CC)c2ccc(CN=C(N=C(N=C)c3ccccc3)c3ccccc3)cc2)cc1. The molecule has 0 aliphatic rings. The Balaban J connectivity index is 1.39. The Morgan fingerprint density at radius 2 is 0.872 bits per heavy atom. The van der Waals surface area contributed by atoms with Crippen LogP contribution in [0.3, 0.4) is 0 Å². The fourth-order valence-electron chi connectivity index (χ4n) is 5.91. The molecule has 5 rings (SSSR count). The fourth-order valence-corrected chi connectivity index (χ4v) is 5.91. The van der Waals surface area contributed by atoms with Crippen molar-refractivity contribution < 1.29 is 0 Å². The van der Waals surface area contributed by atoms with Crippen molar-refractivity contribution in [1.29, 1.82) is 0 Å². The van der Waals surface area contributed by atoms with Crippen LogP contribution in [0.4, 0.5) is 0 Å². The Hall–Kier alpha value is -5.55. The maximum Gasteiger partial charge on any atom is 0.161 e. The summed E-state index contributed by atoms with van der Waals surface area (Å²) in [5.41, 5.74) is 7.48. The van der Waals surface area contributed by atoms with Crippen LogP contribution in [0, 0.1) is 0 Å². The number of hydrogen-bond donors (Lipinski definition) is 0. The van der Waals surface area contributed by atoms with Crippen LogP contribution >= 0.6 is 0 Å². The van der Waals surface area contributed by atoms with Crippen molar-refractivity contribution in [2.24, 2.45) is 25.0 Å². The molecule has 0 spiro atoms. The van der Waals surface area contributed by atoms with Gasteiger partial charge in [0.05, 0.1) is 13.1 Å². The molecular weight excluding hydrogens is 574 g/mol. The molecule has 47 heavy (non-hydrogen) atoms. The number of rotatable bonds is 11. The lowest BCUT2D eigenvalue weighted by Gasteiger charge is -2.33. The summed E-state index contributed by atoms with van der Waals surface area (Å²) in [4.78, 5) is 23.0. The van der Waals surface area contributed by atoms with Crippen molar-refractivity contribution in [3.8, 4) is 0 Å². The molecule has 0 amide bonds. The molecule has 5 aromatic rings. The van der Waals surface area contributed by atoms with Crippen molar-refractivity contribution in [3.05, 3.63) is 178 Å². The molecule has 0 radical (unpaired) electrons. The Morgan fingerprint density at radius 3 is 1.36 bits per heavy atom. The van der Waals surface area contributed by atoms with Crippen molar-refractivity contribution in [2.45, 2.75) is 45.2 Å². The zero-order valence-electron chi connectivity index (χ0n) is 27.3. The van der Waals surface area contributed by atoms with Gasteiger partial charge >= 0.3 is 0 Å². The van der Waals surface area contributed by atoms with E-state index in [2.05, 4.69) is 97.9 Å². The van der Waals surface area contributed by atoms with Gasteiger partial charge in [-0.25, -0.2) is 15.0 Å². The first kappa shape index (κ1) is 32.8. The molecule has 0 atom stereocenters. The van der Waals surface area contributed by atoms with Crippen LogP contribution < -0.4 is 0 Å². The molecule has 5 heteroatoms. The van der Waals surface area contributed by atoms with Gasteiger partial charge < -0.3 is 0 Å². The van der Waals surface area contributed by atoms with E-state index in [0.717, 1.165) is 40.7 Å². The summed E-state index contributed by atoms with van der Waals surface area (Å²) in [6, 6.07) is 47.6. The third kappa shape index (κ3) is 8.00. The Morgan fingerprint density at radius 1 is 0.468 bits per heavy atom. The zero-order chi connectivity index (χ0) is 32.9. The first-order valence-electron chi connectivity index (χ1n) is 16.1. The van der Waals surface area contributed by atoms with Gasteiger partial charge in [0.25, 0.3) is 0 Å². The molecule has 0 aromatic heterocycles. The number of nitrogens with zero attached hydrogens (tertiary/aromatic N) is 5. The van der Waals surface area contributed by atoms with Gasteiger partial charge in [0.1, 0.15) is 0 Å². The second kappa shape index (κ2) is 16.1. The first-order valence-corrected chi connectivity index (χ1v) is 16.1. The minimum atomic E-state index is -0.122. The van der Waals surface area contributed by atoms with Gasteiger partial charge in [-0.15, -0.1) is 0 Å². The van der Waals surface area contributed by atoms with Gasteiger partial charge in [-0.2, -0.15) is 0 Å². The lowest BCUT2D eigenvalue weighted by atomic mass is 9.70. The smallest absolute Gasteiger partial charge is 0.161 e. The monoisotopic (exact) mass is 615 g/mol. The quantitative estimate of drug-likeness (QED) is 0.105. The maximum absolute atomic E-state index is 4.95. The van der Waals surface area contributed by atoms with E-state index in [-0.39, 0.29) is 5.41 Å². The average Bonchev–Trinajstić information content (AvgIpc) is 3.15. The summed E-state index contributed by atoms with van der Waals surface area (Å²) in [6.07, 6.45) is 1.94. The van der Waals surface area contributed by atoms with Gasteiger partial charge in [-0.3, -0.25) is 9.98 Å². The van der Waals surface area contributed by atoms with Crippen molar-refractivity contribution >= 4 is 30.9 Å².